The second-order valence-electron chi connectivity index (χ2n) is 5.84. The number of aliphatic imine (C=N–C) groups is 1. The Labute approximate surface area is 162 Å². The van der Waals surface area contributed by atoms with E-state index in [0.717, 1.165) is 71.2 Å². The Morgan fingerprint density at radius 1 is 1.29 bits per heavy atom. The third-order valence-corrected chi connectivity index (χ3v) is 4.26. The SMILES string of the molecule is CCOCCCNC(=NC)N1CCN(C(=O)C2CCCO2)CC1.I. The van der Waals surface area contributed by atoms with Crippen LogP contribution >= 0.6 is 24.0 Å². The molecule has 0 aromatic rings. The highest BCUT2D eigenvalue weighted by molar-refractivity contribution is 14.0. The largest absolute Gasteiger partial charge is 0.382 e. The van der Waals surface area contributed by atoms with E-state index < -0.39 is 0 Å². The van der Waals surface area contributed by atoms with Crippen LogP contribution in [0.25, 0.3) is 0 Å². The molecule has 0 spiro atoms. The van der Waals surface area contributed by atoms with Crippen molar-refractivity contribution in [2.75, 3.05) is 59.6 Å². The lowest BCUT2D eigenvalue weighted by Gasteiger charge is -2.37. The van der Waals surface area contributed by atoms with Crippen molar-refractivity contribution in [3.05, 3.63) is 0 Å². The van der Waals surface area contributed by atoms with Crippen molar-refractivity contribution in [1.29, 1.82) is 0 Å². The number of carbonyl (C=O) groups excluding carboxylic acids is 1. The summed E-state index contributed by atoms with van der Waals surface area (Å²) in [4.78, 5) is 20.8. The van der Waals surface area contributed by atoms with E-state index >= 15 is 0 Å². The number of amides is 1. The molecule has 2 aliphatic heterocycles. The van der Waals surface area contributed by atoms with Crippen LogP contribution in [0.2, 0.25) is 0 Å². The molecule has 0 bridgehead atoms. The Balaban J connectivity index is 0.00000288. The van der Waals surface area contributed by atoms with Crippen molar-refractivity contribution in [2.45, 2.75) is 32.3 Å². The molecule has 1 atom stereocenters. The summed E-state index contributed by atoms with van der Waals surface area (Å²) in [5.41, 5.74) is 0. The molecule has 2 fully saturated rings. The number of carbonyl (C=O) groups is 1. The van der Waals surface area contributed by atoms with Crippen LogP contribution in [0, 0.1) is 0 Å². The van der Waals surface area contributed by atoms with Gasteiger partial charge in [0.2, 0.25) is 0 Å². The van der Waals surface area contributed by atoms with Gasteiger partial charge in [-0.2, -0.15) is 0 Å². The molecule has 1 amide bonds. The number of rotatable bonds is 6. The van der Waals surface area contributed by atoms with Gasteiger partial charge in [0, 0.05) is 59.6 Å². The minimum absolute atomic E-state index is 0. The van der Waals surface area contributed by atoms with Gasteiger partial charge < -0.3 is 24.6 Å². The molecule has 0 radical (unpaired) electrons. The Bertz CT molecular complexity index is 395. The van der Waals surface area contributed by atoms with Crippen molar-refractivity contribution in [2.24, 2.45) is 4.99 Å². The fraction of sp³-hybridized carbons (Fsp3) is 0.875. The van der Waals surface area contributed by atoms with Crippen LogP contribution < -0.4 is 5.32 Å². The quantitative estimate of drug-likeness (QED) is 0.280. The predicted molar refractivity (Wildman–Crippen MR) is 105 cm³/mol. The van der Waals surface area contributed by atoms with Crippen molar-refractivity contribution in [3.63, 3.8) is 0 Å². The van der Waals surface area contributed by atoms with Crippen LogP contribution in [0.5, 0.6) is 0 Å². The monoisotopic (exact) mass is 454 g/mol. The van der Waals surface area contributed by atoms with Crippen LogP contribution in [0.1, 0.15) is 26.2 Å². The molecule has 2 rings (SSSR count). The molecular weight excluding hydrogens is 423 g/mol. The highest BCUT2D eigenvalue weighted by Crippen LogP contribution is 2.16. The summed E-state index contributed by atoms with van der Waals surface area (Å²) >= 11 is 0. The maximum Gasteiger partial charge on any atom is 0.251 e. The van der Waals surface area contributed by atoms with E-state index in [1.165, 1.54) is 0 Å². The summed E-state index contributed by atoms with van der Waals surface area (Å²) in [5.74, 6) is 1.06. The Morgan fingerprint density at radius 2 is 2.00 bits per heavy atom. The van der Waals surface area contributed by atoms with Crippen LogP contribution in [0.3, 0.4) is 0 Å². The summed E-state index contributed by atoms with van der Waals surface area (Å²) in [6.07, 6.45) is 2.61. The molecule has 0 aromatic carbocycles. The number of nitrogens with zero attached hydrogens (tertiary/aromatic N) is 3. The summed E-state index contributed by atoms with van der Waals surface area (Å²) in [5, 5.41) is 3.36. The first-order chi connectivity index (χ1) is 11.3. The molecule has 8 heteroatoms. The molecule has 2 aliphatic rings. The zero-order chi connectivity index (χ0) is 16.5. The molecular formula is C16H31IN4O3. The fourth-order valence-electron chi connectivity index (χ4n) is 2.97. The molecule has 24 heavy (non-hydrogen) atoms. The van der Waals surface area contributed by atoms with Gasteiger partial charge >= 0.3 is 0 Å². The zero-order valence-electron chi connectivity index (χ0n) is 14.8. The standard InChI is InChI=1S/C16H30N4O3.HI/c1-3-22-12-5-7-18-16(17-2)20-10-8-19(9-11-20)15(21)14-6-4-13-23-14;/h14H,3-13H2,1-2H3,(H,17,18);1H. The second kappa shape index (κ2) is 11.9. The molecule has 2 saturated heterocycles. The van der Waals surface area contributed by atoms with Crippen molar-refractivity contribution in [1.82, 2.24) is 15.1 Å². The summed E-state index contributed by atoms with van der Waals surface area (Å²) in [6, 6.07) is 0. The van der Waals surface area contributed by atoms with Crippen LogP contribution in [0.4, 0.5) is 0 Å². The molecule has 1 N–H and O–H groups in total. The number of halogens is 1. The van der Waals surface area contributed by atoms with Crippen molar-refractivity contribution < 1.29 is 14.3 Å². The smallest absolute Gasteiger partial charge is 0.251 e. The van der Waals surface area contributed by atoms with E-state index in [0.29, 0.717) is 6.61 Å². The molecule has 0 saturated carbocycles. The number of hydrogen-bond acceptors (Lipinski definition) is 4. The average Bonchev–Trinajstić information content (AvgIpc) is 3.12. The Hall–Kier alpha value is -0.610. The van der Waals surface area contributed by atoms with E-state index in [4.69, 9.17) is 9.47 Å². The summed E-state index contributed by atoms with van der Waals surface area (Å²) in [7, 11) is 1.80. The molecule has 2 heterocycles. The third-order valence-electron chi connectivity index (χ3n) is 4.26. The van der Waals surface area contributed by atoms with Gasteiger partial charge in [0.1, 0.15) is 6.10 Å². The maximum absolute atomic E-state index is 12.3. The van der Waals surface area contributed by atoms with E-state index in [1.54, 1.807) is 7.05 Å². The van der Waals surface area contributed by atoms with Crippen molar-refractivity contribution in [3.8, 4) is 0 Å². The first-order valence-electron chi connectivity index (χ1n) is 8.70. The lowest BCUT2D eigenvalue weighted by molar-refractivity contribution is -0.142. The Kier molecular flexibility index (Phi) is 10.6. The highest BCUT2D eigenvalue weighted by Gasteiger charge is 2.30. The summed E-state index contributed by atoms with van der Waals surface area (Å²) < 4.78 is 10.8. The number of nitrogens with one attached hydrogen (secondary N) is 1. The van der Waals surface area contributed by atoms with E-state index in [2.05, 4.69) is 15.2 Å². The van der Waals surface area contributed by atoms with Crippen LogP contribution in [0.15, 0.2) is 4.99 Å². The highest BCUT2D eigenvalue weighted by atomic mass is 127. The van der Waals surface area contributed by atoms with E-state index in [9.17, 15) is 4.79 Å². The number of hydrogen-bond donors (Lipinski definition) is 1. The van der Waals surface area contributed by atoms with Gasteiger partial charge in [-0.25, -0.2) is 0 Å². The van der Waals surface area contributed by atoms with Gasteiger partial charge in [-0.05, 0) is 26.2 Å². The van der Waals surface area contributed by atoms with Gasteiger partial charge in [0.25, 0.3) is 5.91 Å². The average molecular weight is 454 g/mol. The number of piperazine rings is 1. The first-order valence-corrected chi connectivity index (χ1v) is 8.70. The van der Waals surface area contributed by atoms with E-state index in [1.807, 2.05) is 11.8 Å². The van der Waals surface area contributed by atoms with E-state index in [-0.39, 0.29) is 36.0 Å². The second-order valence-corrected chi connectivity index (χ2v) is 5.84. The minimum Gasteiger partial charge on any atom is -0.382 e. The predicted octanol–water partition coefficient (Wildman–Crippen LogP) is 0.930. The Morgan fingerprint density at radius 3 is 2.58 bits per heavy atom. The summed E-state index contributed by atoms with van der Waals surface area (Å²) in [6.45, 7) is 8.18. The topological polar surface area (TPSA) is 66.4 Å². The normalized spacial score (nSPS) is 21.6. The molecule has 1 unspecified atom stereocenters. The minimum atomic E-state index is -0.211. The van der Waals surface area contributed by atoms with Gasteiger partial charge in [0.15, 0.2) is 5.96 Å². The van der Waals surface area contributed by atoms with Crippen LogP contribution in [-0.2, 0) is 14.3 Å². The van der Waals surface area contributed by atoms with Gasteiger partial charge in [-0.3, -0.25) is 9.79 Å². The van der Waals surface area contributed by atoms with Gasteiger partial charge in [-0.1, -0.05) is 0 Å². The molecule has 0 aromatic heterocycles. The first kappa shape index (κ1) is 21.4. The fourth-order valence-corrected chi connectivity index (χ4v) is 2.97. The lowest BCUT2D eigenvalue weighted by Crippen LogP contribution is -2.55. The number of guanidine groups is 1. The van der Waals surface area contributed by atoms with Crippen molar-refractivity contribution >= 4 is 35.8 Å². The zero-order valence-corrected chi connectivity index (χ0v) is 17.2. The van der Waals surface area contributed by atoms with Crippen LogP contribution in [-0.4, -0.2) is 87.4 Å². The molecule has 140 valence electrons. The molecule has 7 nitrogen and oxygen atoms in total. The van der Waals surface area contributed by atoms with Gasteiger partial charge in [-0.15, -0.1) is 24.0 Å². The van der Waals surface area contributed by atoms with Gasteiger partial charge in [0.05, 0.1) is 0 Å². The lowest BCUT2D eigenvalue weighted by atomic mass is 10.2. The third kappa shape index (κ3) is 6.36. The molecule has 0 aliphatic carbocycles. The number of ether oxygens (including phenoxy) is 2. The maximum atomic E-state index is 12.3.